The van der Waals surface area contributed by atoms with Crippen molar-refractivity contribution >= 4 is 0 Å². The predicted molar refractivity (Wildman–Crippen MR) is 68.3 cm³/mol. The van der Waals surface area contributed by atoms with E-state index in [1.807, 2.05) is 19.1 Å². The van der Waals surface area contributed by atoms with Crippen molar-refractivity contribution in [3.05, 3.63) is 48.3 Å². The zero-order valence-corrected chi connectivity index (χ0v) is 10.5. The van der Waals surface area contributed by atoms with Crippen LogP contribution in [0.5, 0.6) is 5.75 Å². The molecule has 0 amide bonds. The van der Waals surface area contributed by atoms with Crippen LogP contribution in [0.3, 0.4) is 0 Å². The number of methoxy groups -OCH3 is 1. The Balaban J connectivity index is 2.41. The van der Waals surface area contributed by atoms with Crippen LogP contribution in [0.4, 0.5) is 0 Å². The first kappa shape index (κ1) is 12.4. The van der Waals surface area contributed by atoms with Gasteiger partial charge in [0.1, 0.15) is 17.8 Å². The quantitative estimate of drug-likeness (QED) is 0.865. The van der Waals surface area contributed by atoms with Crippen LogP contribution >= 0.6 is 0 Å². The molecule has 1 N–H and O–H groups in total. The Hall–Kier alpha value is -2.01. The number of aromatic nitrogens is 3. The second kappa shape index (κ2) is 6.07. The largest absolute Gasteiger partial charge is 0.495 e. The van der Waals surface area contributed by atoms with Gasteiger partial charge in [-0.05, 0) is 18.7 Å². The Labute approximate surface area is 106 Å². The van der Waals surface area contributed by atoms with E-state index in [0.717, 1.165) is 23.6 Å². The van der Waals surface area contributed by atoms with Crippen LogP contribution in [0.15, 0.2) is 37.1 Å². The average Bonchev–Trinajstić information content (AvgIpc) is 2.46. The summed E-state index contributed by atoms with van der Waals surface area (Å²) >= 11 is 0. The number of nitrogens with zero attached hydrogens (tertiary/aromatic N) is 3. The van der Waals surface area contributed by atoms with Gasteiger partial charge < -0.3 is 10.1 Å². The van der Waals surface area contributed by atoms with Crippen molar-refractivity contribution in [1.82, 2.24) is 20.3 Å². The summed E-state index contributed by atoms with van der Waals surface area (Å²) in [5.41, 5.74) is 1.81. The fourth-order valence-electron chi connectivity index (χ4n) is 1.83. The second-order valence-corrected chi connectivity index (χ2v) is 3.75. The molecule has 0 saturated heterocycles. The van der Waals surface area contributed by atoms with Crippen molar-refractivity contribution in [2.24, 2.45) is 0 Å². The van der Waals surface area contributed by atoms with Crippen LogP contribution in [-0.2, 0) is 0 Å². The summed E-state index contributed by atoms with van der Waals surface area (Å²) in [7, 11) is 1.64. The van der Waals surface area contributed by atoms with Crippen molar-refractivity contribution in [1.29, 1.82) is 0 Å². The molecular formula is C13H16N4O. The van der Waals surface area contributed by atoms with Gasteiger partial charge in [0.05, 0.1) is 13.2 Å². The third-order valence-electron chi connectivity index (χ3n) is 2.62. The molecule has 5 heteroatoms. The van der Waals surface area contributed by atoms with Crippen LogP contribution in [0.1, 0.15) is 24.2 Å². The third kappa shape index (κ3) is 2.62. The first-order valence-corrected chi connectivity index (χ1v) is 5.84. The highest BCUT2D eigenvalue weighted by atomic mass is 16.5. The van der Waals surface area contributed by atoms with Gasteiger partial charge in [0, 0.05) is 24.2 Å². The van der Waals surface area contributed by atoms with Crippen molar-refractivity contribution < 1.29 is 4.74 Å². The highest BCUT2D eigenvalue weighted by molar-refractivity contribution is 5.35. The average molecular weight is 244 g/mol. The fourth-order valence-corrected chi connectivity index (χ4v) is 1.83. The lowest BCUT2D eigenvalue weighted by atomic mass is 10.1. The van der Waals surface area contributed by atoms with Crippen LogP contribution in [0, 0.1) is 0 Å². The molecule has 94 valence electrons. The first-order valence-electron chi connectivity index (χ1n) is 5.84. The maximum atomic E-state index is 5.35. The van der Waals surface area contributed by atoms with Gasteiger partial charge in [0.2, 0.25) is 0 Å². The Bertz CT molecular complexity index is 489. The zero-order chi connectivity index (χ0) is 12.8. The molecule has 0 saturated carbocycles. The van der Waals surface area contributed by atoms with Crippen molar-refractivity contribution in [2.75, 3.05) is 13.7 Å². The number of hydrogen-bond acceptors (Lipinski definition) is 5. The summed E-state index contributed by atoms with van der Waals surface area (Å²) in [6.07, 6.45) is 6.84. The zero-order valence-electron chi connectivity index (χ0n) is 10.5. The molecule has 2 aromatic rings. The van der Waals surface area contributed by atoms with Crippen LogP contribution < -0.4 is 10.1 Å². The molecule has 2 rings (SSSR count). The van der Waals surface area contributed by atoms with E-state index in [-0.39, 0.29) is 6.04 Å². The number of hydrogen-bond donors (Lipinski definition) is 1. The summed E-state index contributed by atoms with van der Waals surface area (Å²) in [6.45, 7) is 2.87. The molecule has 0 radical (unpaired) electrons. The molecule has 0 fully saturated rings. The monoisotopic (exact) mass is 244 g/mol. The van der Waals surface area contributed by atoms with Gasteiger partial charge in [0.25, 0.3) is 0 Å². The molecule has 0 bridgehead atoms. The molecule has 1 unspecified atom stereocenters. The number of rotatable bonds is 5. The van der Waals surface area contributed by atoms with E-state index in [1.165, 1.54) is 6.33 Å². The second-order valence-electron chi connectivity index (χ2n) is 3.75. The Morgan fingerprint density at radius 2 is 2.11 bits per heavy atom. The third-order valence-corrected chi connectivity index (χ3v) is 2.62. The lowest BCUT2D eigenvalue weighted by Crippen LogP contribution is -2.23. The maximum absolute atomic E-state index is 5.35. The molecule has 2 heterocycles. The first-order chi connectivity index (χ1) is 8.86. The smallest absolute Gasteiger partial charge is 0.142 e. The van der Waals surface area contributed by atoms with Gasteiger partial charge >= 0.3 is 0 Å². The van der Waals surface area contributed by atoms with Gasteiger partial charge in [-0.25, -0.2) is 9.97 Å². The number of nitrogens with one attached hydrogen (secondary N) is 1. The molecule has 0 aliphatic carbocycles. The summed E-state index contributed by atoms with van der Waals surface area (Å²) in [6, 6.07) is 3.69. The van der Waals surface area contributed by atoms with Gasteiger partial charge in [-0.2, -0.15) is 0 Å². The number of ether oxygens (including phenoxy) is 1. The summed E-state index contributed by atoms with van der Waals surface area (Å²) < 4.78 is 5.35. The molecule has 0 aliphatic heterocycles. The fraction of sp³-hybridized carbons (Fsp3) is 0.308. The minimum Gasteiger partial charge on any atom is -0.495 e. The molecule has 18 heavy (non-hydrogen) atoms. The molecule has 0 spiro atoms. The van der Waals surface area contributed by atoms with Crippen molar-refractivity contribution in [2.45, 2.75) is 13.0 Å². The topological polar surface area (TPSA) is 59.9 Å². The highest BCUT2D eigenvalue weighted by Crippen LogP contribution is 2.26. The molecule has 1 atom stereocenters. The minimum absolute atomic E-state index is 0.0626. The van der Waals surface area contributed by atoms with E-state index >= 15 is 0 Å². The van der Waals surface area contributed by atoms with Crippen LogP contribution in [0.25, 0.3) is 0 Å². The van der Waals surface area contributed by atoms with E-state index in [0.29, 0.717) is 0 Å². The summed E-state index contributed by atoms with van der Waals surface area (Å²) in [5.74, 6) is 0.757. The summed E-state index contributed by atoms with van der Waals surface area (Å²) in [5, 5.41) is 3.37. The van der Waals surface area contributed by atoms with E-state index < -0.39 is 0 Å². The highest BCUT2D eigenvalue weighted by Gasteiger charge is 2.18. The van der Waals surface area contributed by atoms with Gasteiger partial charge in [-0.3, -0.25) is 4.98 Å². The standard InChI is InChI=1S/C13H16N4O/c1-3-16-12(10-7-14-9-15-8-10)13-11(18-2)5-4-6-17-13/h4-9,12,16H,3H2,1-2H3. The molecule has 0 aliphatic rings. The molecule has 0 aromatic carbocycles. The Kier molecular flexibility index (Phi) is 4.20. The Morgan fingerprint density at radius 1 is 1.33 bits per heavy atom. The minimum atomic E-state index is -0.0626. The maximum Gasteiger partial charge on any atom is 0.142 e. The lowest BCUT2D eigenvalue weighted by molar-refractivity contribution is 0.400. The van der Waals surface area contributed by atoms with Crippen molar-refractivity contribution in [3.63, 3.8) is 0 Å². The van der Waals surface area contributed by atoms with Gasteiger partial charge in [-0.1, -0.05) is 6.92 Å². The van der Waals surface area contributed by atoms with Crippen LogP contribution in [-0.4, -0.2) is 28.6 Å². The van der Waals surface area contributed by atoms with Gasteiger partial charge in [0.15, 0.2) is 0 Å². The van der Waals surface area contributed by atoms with E-state index in [2.05, 4.69) is 20.3 Å². The van der Waals surface area contributed by atoms with Crippen LogP contribution in [0.2, 0.25) is 0 Å². The van der Waals surface area contributed by atoms with E-state index in [9.17, 15) is 0 Å². The lowest BCUT2D eigenvalue weighted by Gasteiger charge is -2.19. The SMILES string of the molecule is CCNC(c1cncnc1)c1ncccc1OC. The Morgan fingerprint density at radius 3 is 2.78 bits per heavy atom. The molecule has 2 aromatic heterocycles. The normalized spacial score (nSPS) is 12.1. The van der Waals surface area contributed by atoms with E-state index in [4.69, 9.17) is 4.74 Å². The number of pyridine rings is 1. The van der Waals surface area contributed by atoms with Crippen molar-refractivity contribution in [3.8, 4) is 5.75 Å². The summed E-state index contributed by atoms with van der Waals surface area (Å²) in [4.78, 5) is 12.5. The van der Waals surface area contributed by atoms with E-state index in [1.54, 1.807) is 25.7 Å². The van der Waals surface area contributed by atoms with Gasteiger partial charge in [-0.15, -0.1) is 0 Å². The molecule has 5 nitrogen and oxygen atoms in total. The molecular weight excluding hydrogens is 228 g/mol. The predicted octanol–water partition coefficient (Wildman–Crippen LogP) is 1.58.